The Morgan fingerprint density at radius 2 is 1.74 bits per heavy atom. The van der Waals surface area contributed by atoms with Crippen LogP contribution in [0.15, 0.2) is 82.6 Å². The van der Waals surface area contributed by atoms with Crippen molar-refractivity contribution < 1.29 is 32.3 Å². The summed E-state index contributed by atoms with van der Waals surface area (Å²) in [5, 5.41) is 2.25. The molecule has 3 amide bonds. The number of hydrogen-bond donors (Lipinski definition) is 2. The van der Waals surface area contributed by atoms with Crippen molar-refractivity contribution >= 4 is 52.2 Å². The second kappa shape index (κ2) is 11.0. The first kappa shape index (κ1) is 28.7. The molecule has 0 spiro atoms. The number of nitrogens with zero attached hydrogens (tertiary/aromatic N) is 1. The predicted octanol–water partition coefficient (Wildman–Crippen LogP) is 5.58. The molecule has 1 aromatic heterocycles. The van der Waals surface area contributed by atoms with E-state index in [-0.39, 0.29) is 23.1 Å². The molecule has 2 N–H and O–H groups in total. The second-order valence-corrected chi connectivity index (χ2v) is 12.3. The van der Waals surface area contributed by atoms with Gasteiger partial charge in [-0.2, -0.15) is 13.2 Å². The lowest BCUT2D eigenvalue weighted by atomic mass is 9.83. The van der Waals surface area contributed by atoms with Crippen LogP contribution in [0.1, 0.15) is 27.5 Å². The molecular formula is C30H22F3N3O5S2. The molecule has 3 aromatic carbocycles. The van der Waals surface area contributed by atoms with Gasteiger partial charge in [-0.15, -0.1) is 0 Å². The highest BCUT2D eigenvalue weighted by molar-refractivity contribution is 8.00. The normalized spacial score (nSPS) is 19.6. The molecule has 3 atom stereocenters. The Balaban J connectivity index is 1.26. The van der Waals surface area contributed by atoms with Crippen molar-refractivity contribution in [3.8, 4) is 5.75 Å². The Morgan fingerprint density at radius 3 is 2.47 bits per heavy atom. The number of alkyl halides is 3. The van der Waals surface area contributed by atoms with Crippen molar-refractivity contribution in [1.82, 2.24) is 4.98 Å². The number of H-pyrrole nitrogens is 1. The number of imide groups is 1. The Bertz CT molecular complexity index is 1800. The number of halogens is 3. The number of carbonyl (C=O) groups excluding carboxylic acids is 3. The van der Waals surface area contributed by atoms with Crippen molar-refractivity contribution in [3.63, 3.8) is 0 Å². The number of amides is 3. The number of nitrogens with one attached hydrogen (secondary N) is 2. The molecule has 0 aliphatic carbocycles. The highest BCUT2D eigenvalue weighted by atomic mass is 32.2. The topological polar surface area (TPSA) is 109 Å². The number of fused-ring (bicyclic) bond motifs is 2. The zero-order valence-electron chi connectivity index (χ0n) is 22.3. The number of aromatic amines is 1. The minimum Gasteiger partial charge on any atom is -0.484 e. The molecule has 2 unspecified atom stereocenters. The van der Waals surface area contributed by atoms with E-state index in [1.54, 1.807) is 30.3 Å². The summed E-state index contributed by atoms with van der Waals surface area (Å²) in [5.74, 6) is -2.94. The number of aryl methyl sites for hydroxylation is 1. The van der Waals surface area contributed by atoms with Crippen molar-refractivity contribution in [2.45, 2.75) is 29.3 Å². The number of aromatic nitrogens is 1. The van der Waals surface area contributed by atoms with E-state index < -0.39 is 40.6 Å². The van der Waals surface area contributed by atoms with Crippen LogP contribution in [0.25, 0.3) is 0 Å². The third-order valence-electron chi connectivity index (χ3n) is 7.17. The number of ether oxygens (including phenoxy) is 1. The van der Waals surface area contributed by atoms with Crippen LogP contribution >= 0.6 is 23.1 Å². The van der Waals surface area contributed by atoms with Crippen LogP contribution in [-0.2, 0) is 20.6 Å². The maximum absolute atomic E-state index is 13.8. The average molecular weight is 626 g/mol. The van der Waals surface area contributed by atoms with E-state index in [1.165, 1.54) is 6.07 Å². The summed E-state index contributed by atoms with van der Waals surface area (Å²) in [6, 6.07) is 18.0. The van der Waals surface area contributed by atoms with Gasteiger partial charge in [-0.1, -0.05) is 53.4 Å². The molecule has 6 rings (SSSR count). The summed E-state index contributed by atoms with van der Waals surface area (Å²) in [7, 11) is 0. The lowest BCUT2D eigenvalue weighted by Gasteiger charge is -2.29. The molecule has 2 aliphatic heterocycles. The average Bonchev–Trinajstić information content (AvgIpc) is 3.46. The van der Waals surface area contributed by atoms with E-state index in [0.29, 0.717) is 26.9 Å². The van der Waals surface area contributed by atoms with Gasteiger partial charge in [0, 0.05) is 16.5 Å². The number of hydrogen-bond acceptors (Lipinski definition) is 7. The molecule has 43 heavy (non-hydrogen) atoms. The molecule has 1 fully saturated rings. The van der Waals surface area contributed by atoms with Crippen molar-refractivity contribution in [2.24, 2.45) is 5.92 Å². The molecule has 2 aliphatic rings. The molecule has 4 aromatic rings. The molecule has 0 bridgehead atoms. The van der Waals surface area contributed by atoms with Gasteiger partial charge in [-0.3, -0.25) is 19.2 Å². The molecule has 3 heterocycles. The zero-order chi connectivity index (χ0) is 30.5. The van der Waals surface area contributed by atoms with Crippen molar-refractivity contribution in [2.75, 3.05) is 16.8 Å². The summed E-state index contributed by atoms with van der Waals surface area (Å²) >= 11 is 1.96. The lowest BCUT2D eigenvalue weighted by molar-refractivity contribution is -0.137. The quantitative estimate of drug-likeness (QED) is 0.271. The smallest absolute Gasteiger partial charge is 0.416 e. The van der Waals surface area contributed by atoms with Crippen LogP contribution in [0.5, 0.6) is 5.75 Å². The van der Waals surface area contributed by atoms with Gasteiger partial charge in [-0.25, -0.2) is 4.90 Å². The van der Waals surface area contributed by atoms with Crippen LogP contribution in [0, 0.1) is 12.8 Å². The van der Waals surface area contributed by atoms with Gasteiger partial charge >= 0.3 is 11.0 Å². The van der Waals surface area contributed by atoms with Crippen LogP contribution in [0.3, 0.4) is 0 Å². The van der Waals surface area contributed by atoms with Gasteiger partial charge in [0.1, 0.15) is 11.0 Å². The van der Waals surface area contributed by atoms with Gasteiger partial charge in [0.15, 0.2) is 6.61 Å². The van der Waals surface area contributed by atoms with E-state index in [4.69, 9.17) is 4.74 Å². The molecule has 0 radical (unpaired) electrons. The maximum atomic E-state index is 13.8. The first-order valence-corrected chi connectivity index (χ1v) is 14.7. The second-order valence-electron chi connectivity index (χ2n) is 10.1. The highest BCUT2D eigenvalue weighted by Gasteiger charge is 2.56. The molecule has 220 valence electrons. The predicted molar refractivity (Wildman–Crippen MR) is 156 cm³/mol. The Labute approximate surface area is 250 Å². The Morgan fingerprint density at radius 1 is 1.00 bits per heavy atom. The van der Waals surface area contributed by atoms with Gasteiger partial charge in [-0.05, 0) is 60.5 Å². The fourth-order valence-electron chi connectivity index (χ4n) is 5.29. The number of anilines is 2. The summed E-state index contributed by atoms with van der Waals surface area (Å²) in [6.07, 6.45) is -4.65. The summed E-state index contributed by atoms with van der Waals surface area (Å²) < 4.78 is 45.8. The monoisotopic (exact) mass is 625 g/mol. The SMILES string of the molecule is Cc1cccc(NC(=O)COc2ccc([C@H]3c4sc(=O)[nH]c4SC4C(=O)N(c5cccc(C(F)(F)F)c5)C(=O)C43)cc2)c1. The van der Waals surface area contributed by atoms with Crippen molar-refractivity contribution in [1.29, 1.82) is 0 Å². The fraction of sp³-hybridized carbons (Fsp3) is 0.200. The molecular weight excluding hydrogens is 603 g/mol. The number of rotatable bonds is 6. The minimum absolute atomic E-state index is 0.164. The standard InChI is InChI=1S/C30H22F3N3O5S2/c1-15-4-2-6-18(12-15)34-21(37)14-41-20-10-8-16(9-11-20)22-23-25(42-26-24(22)43-29(40)35-26)28(39)36(27(23)38)19-7-3-5-17(13-19)30(31,32)33/h2-13,22-23,25H,14H2,1H3,(H,34,37)(H,35,40)/t22-,23?,25?/m1/s1. The summed E-state index contributed by atoms with van der Waals surface area (Å²) in [4.78, 5) is 55.7. The van der Waals surface area contributed by atoms with Crippen LogP contribution in [-0.4, -0.2) is 34.6 Å². The number of thioether (sulfide) groups is 1. The summed E-state index contributed by atoms with van der Waals surface area (Å²) in [5.41, 5.74) is 1.10. The lowest BCUT2D eigenvalue weighted by Crippen LogP contribution is -2.32. The third-order valence-corrected chi connectivity index (χ3v) is 9.57. The highest BCUT2D eigenvalue weighted by Crippen LogP contribution is 2.53. The van der Waals surface area contributed by atoms with Gasteiger partial charge < -0.3 is 15.0 Å². The zero-order valence-corrected chi connectivity index (χ0v) is 23.9. The first-order valence-electron chi connectivity index (χ1n) is 13.0. The van der Waals surface area contributed by atoms with Crippen LogP contribution in [0.2, 0.25) is 0 Å². The number of carbonyl (C=O) groups is 3. The number of thiazole rings is 1. The van der Waals surface area contributed by atoms with Gasteiger partial charge in [0.05, 0.1) is 22.2 Å². The van der Waals surface area contributed by atoms with Crippen molar-refractivity contribution in [3.05, 3.63) is 104 Å². The Hall–Kier alpha value is -4.36. The van der Waals surface area contributed by atoms with E-state index in [0.717, 1.165) is 51.8 Å². The largest absolute Gasteiger partial charge is 0.484 e. The first-order chi connectivity index (χ1) is 20.5. The summed E-state index contributed by atoms with van der Waals surface area (Å²) in [6.45, 7) is 1.66. The van der Waals surface area contributed by atoms with Crippen LogP contribution < -0.4 is 19.8 Å². The third kappa shape index (κ3) is 5.57. The van der Waals surface area contributed by atoms with Crippen LogP contribution in [0.4, 0.5) is 24.5 Å². The van der Waals surface area contributed by atoms with E-state index >= 15 is 0 Å². The molecule has 13 heteroatoms. The maximum Gasteiger partial charge on any atom is 0.416 e. The Kier molecular flexibility index (Phi) is 7.38. The molecule has 1 saturated heterocycles. The minimum atomic E-state index is -4.65. The van der Waals surface area contributed by atoms with E-state index in [1.807, 2.05) is 25.1 Å². The van der Waals surface area contributed by atoms with Gasteiger partial charge in [0.2, 0.25) is 11.8 Å². The molecule has 0 saturated carbocycles. The number of benzene rings is 3. The van der Waals surface area contributed by atoms with E-state index in [2.05, 4.69) is 10.3 Å². The van der Waals surface area contributed by atoms with Gasteiger partial charge in [0.25, 0.3) is 5.91 Å². The van der Waals surface area contributed by atoms with E-state index in [9.17, 15) is 32.3 Å². The molecule has 8 nitrogen and oxygen atoms in total. The fourth-order valence-corrected chi connectivity index (χ4v) is 7.81.